The number of aliphatic carboxylic acids is 1. The van der Waals surface area contributed by atoms with E-state index in [-0.39, 0.29) is 18.4 Å². The summed E-state index contributed by atoms with van der Waals surface area (Å²) in [6, 6.07) is 14.2. The van der Waals surface area contributed by atoms with E-state index < -0.39 is 30.1 Å². The number of hydrogen-bond acceptors (Lipinski definition) is 4. The van der Waals surface area contributed by atoms with Crippen LogP contribution in [-0.4, -0.2) is 41.8 Å². The van der Waals surface area contributed by atoms with Crippen LogP contribution in [0.25, 0.3) is 11.1 Å². The van der Waals surface area contributed by atoms with Crippen molar-refractivity contribution in [2.24, 2.45) is 5.92 Å². The standard InChI is InChI=1S/C26H32N2O5/c1-4-10-22(24(29)28-23(25(30)31)16(3)5-2)27-26(32)33-15-21-19-13-8-6-11-17(19)18-12-7-9-14-20(18)21/h6-9,11-14,16,21-23H,4-5,10,15H2,1-3H3,(H,27,32)(H,28,29)(H,30,31)/t16?,22?,23-/m0/s1. The van der Waals surface area contributed by atoms with Crippen LogP contribution in [0.15, 0.2) is 48.5 Å². The van der Waals surface area contributed by atoms with Crippen LogP contribution in [0.4, 0.5) is 4.79 Å². The highest BCUT2D eigenvalue weighted by molar-refractivity contribution is 5.89. The zero-order valence-electron chi connectivity index (χ0n) is 19.3. The summed E-state index contributed by atoms with van der Waals surface area (Å²) in [5.74, 6) is -1.92. The van der Waals surface area contributed by atoms with Gasteiger partial charge >= 0.3 is 12.1 Å². The van der Waals surface area contributed by atoms with E-state index in [4.69, 9.17) is 4.74 Å². The first kappa shape index (κ1) is 24.3. The Morgan fingerprint density at radius 2 is 1.55 bits per heavy atom. The van der Waals surface area contributed by atoms with Crippen molar-refractivity contribution in [3.05, 3.63) is 59.7 Å². The smallest absolute Gasteiger partial charge is 0.407 e. The number of rotatable bonds is 10. The predicted molar refractivity (Wildman–Crippen MR) is 126 cm³/mol. The number of carboxylic acids is 1. The Balaban J connectivity index is 1.65. The largest absolute Gasteiger partial charge is 0.480 e. The lowest BCUT2D eigenvalue weighted by Crippen LogP contribution is -2.53. The Morgan fingerprint density at radius 3 is 2.06 bits per heavy atom. The number of nitrogens with one attached hydrogen (secondary N) is 2. The van der Waals surface area contributed by atoms with Gasteiger partial charge in [-0.05, 0) is 34.6 Å². The molecule has 2 aromatic carbocycles. The summed E-state index contributed by atoms with van der Waals surface area (Å²) in [7, 11) is 0. The van der Waals surface area contributed by atoms with E-state index in [1.165, 1.54) is 0 Å². The highest BCUT2D eigenvalue weighted by Crippen LogP contribution is 2.44. The van der Waals surface area contributed by atoms with Crippen LogP contribution < -0.4 is 10.6 Å². The molecule has 176 valence electrons. The average Bonchev–Trinajstić information content (AvgIpc) is 3.13. The summed E-state index contributed by atoms with van der Waals surface area (Å²) < 4.78 is 5.54. The second-order valence-electron chi connectivity index (χ2n) is 8.52. The molecule has 7 heteroatoms. The van der Waals surface area contributed by atoms with Crippen molar-refractivity contribution >= 4 is 18.0 Å². The van der Waals surface area contributed by atoms with E-state index in [1.54, 1.807) is 6.92 Å². The fourth-order valence-corrected chi connectivity index (χ4v) is 4.28. The molecule has 7 nitrogen and oxygen atoms in total. The number of carboxylic acid groups (broad SMARTS) is 1. The van der Waals surface area contributed by atoms with Crippen LogP contribution >= 0.6 is 0 Å². The van der Waals surface area contributed by atoms with Gasteiger partial charge in [-0.3, -0.25) is 4.79 Å². The fourth-order valence-electron chi connectivity index (χ4n) is 4.28. The molecule has 1 aliphatic carbocycles. The van der Waals surface area contributed by atoms with Gasteiger partial charge in [0.2, 0.25) is 5.91 Å². The van der Waals surface area contributed by atoms with Gasteiger partial charge in [-0.2, -0.15) is 0 Å². The first-order valence-corrected chi connectivity index (χ1v) is 11.5. The normalized spacial score (nSPS) is 15.0. The number of carbonyl (C=O) groups excluding carboxylic acids is 2. The van der Waals surface area contributed by atoms with Gasteiger partial charge in [-0.15, -0.1) is 0 Å². The molecule has 0 aromatic heterocycles. The Hall–Kier alpha value is -3.35. The molecule has 0 saturated heterocycles. The van der Waals surface area contributed by atoms with E-state index >= 15 is 0 Å². The van der Waals surface area contributed by atoms with Crippen LogP contribution in [-0.2, 0) is 14.3 Å². The van der Waals surface area contributed by atoms with Gasteiger partial charge in [-0.1, -0.05) is 82.1 Å². The highest BCUT2D eigenvalue weighted by Gasteiger charge is 2.31. The molecule has 0 bridgehead atoms. The number of carbonyl (C=O) groups is 3. The molecule has 3 atom stereocenters. The monoisotopic (exact) mass is 452 g/mol. The van der Waals surface area contributed by atoms with Crippen molar-refractivity contribution in [3.63, 3.8) is 0 Å². The van der Waals surface area contributed by atoms with Gasteiger partial charge in [0.1, 0.15) is 18.7 Å². The first-order chi connectivity index (χ1) is 15.9. The number of amides is 2. The molecule has 2 unspecified atom stereocenters. The molecule has 0 fully saturated rings. The maximum atomic E-state index is 12.7. The van der Waals surface area contributed by atoms with E-state index in [0.29, 0.717) is 19.3 Å². The topological polar surface area (TPSA) is 105 Å². The zero-order chi connectivity index (χ0) is 24.0. The van der Waals surface area contributed by atoms with E-state index in [1.807, 2.05) is 50.2 Å². The highest BCUT2D eigenvalue weighted by atomic mass is 16.5. The number of benzene rings is 2. The minimum Gasteiger partial charge on any atom is -0.480 e. The van der Waals surface area contributed by atoms with Gasteiger partial charge in [0.15, 0.2) is 0 Å². The molecule has 2 amide bonds. The second kappa shape index (κ2) is 11.0. The summed E-state index contributed by atoms with van der Waals surface area (Å²) >= 11 is 0. The average molecular weight is 453 g/mol. The number of fused-ring (bicyclic) bond motifs is 3. The van der Waals surface area contributed by atoms with Gasteiger partial charge in [-0.25, -0.2) is 9.59 Å². The maximum Gasteiger partial charge on any atom is 0.407 e. The van der Waals surface area contributed by atoms with Crippen LogP contribution in [0.2, 0.25) is 0 Å². The molecule has 1 aliphatic rings. The number of alkyl carbamates (subject to hydrolysis) is 1. The zero-order valence-corrected chi connectivity index (χ0v) is 19.3. The third kappa shape index (κ3) is 5.53. The maximum absolute atomic E-state index is 12.7. The second-order valence-corrected chi connectivity index (χ2v) is 8.52. The Bertz CT molecular complexity index is 960. The van der Waals surface area contributed by atoms with Gasteiger partial charge in [0, 0.05) is 5.92 Å². The molecule has 0 spiro atoms. The first-order valence-electron chi connectivity index (χ1n) is 11.5. The molecule has 3 N–H and O–H groups in total. The molecular weight excluding hydrogens is 420 g/mol. The van der Waals surface area contributed by atoms with Crippen molar-refractivity contribution in [2.45, 2.75) is 58.0 Å². The van der Waals surface area contributed by atoms with Crippen LogP contribution in [0.1, 0.15) is 57.1 Å². The molecule has 0 radical (unpaired) electrons. The van der Waals surface area contributed by atoms with Crippen molar-refractivity contribution in [1.29, 1.82) is 0 Å². The van der Waals surface area contributed by atoms with Crippen LogP contribution in [0.5, 0.6) is 0 Å². The Labute approximate surface area is 194 Å². The van der Waals surface area contributed by atoms with Gasteiger partial charge in [0.25, 0.3) is 0 Å². The van der Waals surface area contributed by atoms with Crippen molar-refractivity contribution < 1.29 is 24.2 Å². The third-order valence-electron chi connectivity index (χ3n) is 6.31. The summed E-state index contributed by atoms with van der Waals surface area (Å²) in [5, 5.41) is 14.7. The van der Waals surface area contributed by atoms with E-state index in [9.17, 15) is 19.5 Å². The molecule has 0 heterocycles. The summed E-state index contributed by atoms with van der Waals surface area (Å²) in [4.78, 5) is 36.9. The third-order valence-corrected chi connectivity index (χ3v) is 6.31. The Morgan fingerprint density at radius 1 is 0.970 bits per heavy atom. The molecular formula is C26H32N2O5. The lowest BCUT2D eigenvalue weighted by molar-refractivity contribution is -0.143. The van der Waals surface area contributed by atoms with Gasteiger partial charge in [0.05, 0.1) is 0 Å². The quantitative estimate of drug-likeness (QED) is 0.498. The van der Waals surface area contributed by atoms with Gasteiger partial charge < -0.3 is 20.5 Å². The summed E-state index contributed by atoms with van der Waals surface area (Å²) in [5.41, 5.74) is 4.48. The van der Waals surface area contributed by atoms with Crippen molar-refractivity contribution in [3.8, 4) is 11.1 Å². The van der Waals surface area contributed by atoms with Crippen LogP contribution in [0.3, 0.4) is 0 Å². The van der Waals surface area contributed by atoms with Crippen molar-refractivity contribution in [1.82, 2.24) is 10.6 Å². The summed E-state index contributed by atoms with van der Waals surface area (Å²) in [6.45, 7) is 5.67. The lowest BCUT2D eigenvalue weighted by Gasteiger charge is -2.24. The molecule has 0 saturated carbocycles. The molecule has 2 aromatic rings. The predicted octanol–water partition coefficient (Wildman–Crippen LogP) is 4.31. The SMILES string of the molecule is CCCC(NC(=O)OCC1c2ccccc2-c2ccccc21)C(=O)N[C@H](C(=O)O)C(C)CC. The number of ether oxygens (including phenoxy) is 1. The molecule has 33 heavy (non-hydrogen) atoms. The minimum atomic E-state index is -1.09. The van der Waals surface area contributed by atoms with Crippen LogP contribution in [0, 0.1) is 5.92 Å². The van der Waals surface area contributed by atoms with E-state index in [0.717, 1.165) is 22.3 Å². The molecule has 3 rings (SSSR count). The van der Waals surface area contributed by atoms with E-state index in [2.05, 4.69) is 22.8 Å². The fraction of sp³-hybridized carbons (Fsp3) is 0.423. The summed E-state index contributed by atoms with van der Waals surface area (Å²) in [6.07, 6.45) is 0.933. The Kier molecular flexibility index (Phi) is 8.09. The minimum absolute atomic E-state index is 0.0802. The number of hydrogen-bond donors (Lipinski definition) is 3. The van der Waals surface area contributed by atoms with Crippen molar-refractivity contribution in [2.75, 3.05) is 6.61 Å². The molecule has 0 aliphatic heterocycles. The lowest BCUT2D eigenvalue weighted by atomic mass is 9.98.